The molecule has 0 aliphatic carbocycles. The number of carboxylic acids is 1. The fourth-order valence-electron chi connectivity index (χ4n) is 5.69. The van der Waals surface area contributed by atoms with Crippen LogP contribution >= 0.6 is 23.2 Å². The summed E-state index contributed by atoms with van der Waals surface area (Å²) in [5.41, 5.74) is 6.61. The van der Waals surface area contributed by atoms with Crippen molar-refractivity contribution in [2.24, 2.45) is 0 Å². The molecule has 6 heterocycles. The minimum atomic E-state index is -0.945. The largest absolute Gasteiger partial charge is 0.478 e. The van der Waals surface area contributed by atoms with E-state index in [0.717, 1.165) is 49.4 Å². The smallest absolute Gasteiger partial charge is 0.337 e. The SMILES string of the molecule is N#Cc1cn(Cc2ccc3ncc(Cl)cc3c2)c2cnccc12.O=C(O)c1cn(Cc2ccc3ncc(Cl)cc3c2)c2cnccc12. The van der Waals surface area contributed by atoms with E-state index in [-0.39, 0.29) is 5.56 Å². The van der Waals surface area contributed by atoms with Crippen LogP contribution in [0.15, 0.2) is 110 Å². The summed E-state index contributed by atoms with van der Waals surface area (Å²) >= 11 is 12.0. The molecule has 0 spiro atoms. The fourth-order valence-corrected chi connectivity index (χ4v) is 6.03. The highest BCUT2D eigenvalue weighted by atomic mass is 35.5. The first-order valence-corrected chi connectivity index (χ1v) is 15.2. The lowest BCUT2D eigenvalue weighted by atomic mass is 10.1. The molecule has 11 heteroatoms. The summed E-state index contributed by atoms with van der Waals surface area (Å²) in [5, 5.41) is 23.4. The van der Waals surface area contributed by atoms with Crippen molar-refractivity contribution in [3.05, 3.63) is 143 Å². The second-order valence-corrected chi connectivity index (χ2v) is 11.8. The topological polar surface area (TPSA) is 123 Å². The molecule has 0 fully saturated rings. The highest BCUT2D eigenvalue weighted by Crippen LogP contribution is 2.25. The van der Waals surface area contributed by atoms with Gasteiger partial charge in [-0.1, -0.05) is 35.3 Å². The number of rotatable bonds is 5. The average molecular weight is 657 g/mol. The number of nitriles is 1. The van der Waals surface area contributed by atoms with Crippen LogP contribution in [0, 0.1) is 11.3 Å². The van der Waals surface area contributed by atoms with E-state index in [1.807, 2.05) is 63.9 Å². The van der Waals surface area contributed by atoms with Gasteiger partial charge in [0.1, 0.15) is 6.07 Å². The predicted octanol–water partition coefficient (Wildman–Crippen LogP) is 8.14. The third-order valence-electron chi connectivity index (χ3n) is 7.85. The standard InChI is InChI=1S/C18H11ClN4.C18H12ClN3O2/c19-15-6-13-5-12(1-2-17(13)22-8-15)10-23-11-14(7-20)16-3-4-21-9-18(16)23;19-13-6-12-5-11(1-2-16(12)21-7-13)9-22-10-15(18(23)24)14-3-4-20-8-17(14)22/h1-6,8-9,11H,10H2;1-8,10H,9H2,(H,23,24). The number of carbonyl (C=O) groups is 1. The van der Waals surface area contributed by atoms with Crippen molar-refractivity contribution in [2.75, 3.05) is 0 Å². The molecule has 47 heavy (non-hydrogen) atoms. The van der Waals surface area contributed by atoms with Crippen molar-refractivity contribution in [1.82, 2.24) is 29.1 Å². The van der Waals surface area contributed by atoms with E-state index in [0.29, 0.717) is 34.1 Å². The molecule has 0 bridgehead atoms. The molecular weight excluding hydrogens is 633 g/mol. The Labute approximate surface area is 277 Å². The number of hydrogen-bond donors (Lipinski definition) is 1. The number of carboxylic acid groups (broad SMARTS) is 1. The maximum atomic E-state index is 11.4. The molecule has 0 saturated carbocycles. The molecule has 0 atom stereocenters. The molecular formula is C36H23Cl2N7O2. The van der Waals surface area contributed by atoms with Crippen LogP contribution in [0.4, 0.5) is 0 Å². The van der Waals surface area contributed by atoms with Crippen molar-refractivity contribution in [3.8, 4) is 6.07 Å². The van der Waals surface area contributed by atoms with Crippen LogP contribution in [-0.4, -0.2) is 40.1 Å². The number of nitrogens with zero attached hydrogens (tertiary/aromatic N) is 7. The van der Waals surface area contributed by atoms with Gasteiger partial charge in [0.25, 0.3) is 0 Å². The minimum absolute atomic E-state index is 0.276. The number of fused-ring (bicyclic) bond motifs is 4. The number of aromatic carboxylic acids is 1. The predicted molar refractivity (Wildman–Crippen MR) is 183 cm³/mol. The molecule has 228 valence electrons. The van der Waals surface area contributed by atoms with E-state index in [9.17, 15) is 15.2 Å². The van der Waals surface area contributed by atoms with Gasteiger partial charge >= 0.3 is 5.97 Å². The number of hydrogen-bond acceptors (Lipinski definition) is 6. The lowest BCUT2D eigenvalue weighted by molar-refractivity contribution is 0.0698. The van der Waals surface area contributed by atoms with E-state index in [1.165, 1.54) is 0 Å². The number of halogens is 2. The van der Waals surface area contributed by atoms with Gasteiger partial charge in [0.2, 0.25) is 0 Å². The van der Waals surface area contributed by atoms with E-state index >= 15 is 0 Å². The Kier molecular flexibility index (Phi) is 7.96. The van der Waals surface area contributed by atoms with Crippen LogP contribution in [0.1, 0.15) is 27.0 Å². The molecule has 0 unspecified atom stereocenters. The molecule has 0 aliphatic heterocycles. The highest BCUT2D eigenvalue weighted by Gasteiger charge is 2.14. The van der Waals surface area contributed by atoms with Crippen LogP contribution in [0.3, 0.4) is 0 Å². The van der Waals surface area contributed by atoms with Gasteiger partial charge in [-0.15, -0.1) is 0 Å². The zero-order valence-corrected chi connectivity index (χ0v) is 26.1. The van der Waals surface area contributed by atoms with Crippen molar-refractivity contribution in [3.63, 3.8) is 0 Å². The van der Waals surface area contributed by atoms with Crippen molar-refractivity contribution in [2.45, 2.75) is 13.1 Å². The Hall–Kier alpha value is -5.82. The summed E-state index contributed by atoms with van der Waals surface area (Å²) in [4.78, 5) is 28.3. The summed E-state index contributed by atoms with van der Waals surface area (Å²) in [6, 6.07) is 21.6. The zero-order chi connectivity index (χ0) is 32.5. The van der Waals surface area contributed by atoms with E-state index in [4.69, 9.17) is 23.2 Å². The van der Waals surface area contributed by atoms with Gasteiger partial charge in [0.15, 0.2) is 0 Å². The average Bonchev–Trinajstić information content (AvgIpc) is 3.63. The monoisotopic (exact) mass is 655 g/mol. The fraction of sp³-hybridized carbons (Fsp3) is 0.0556. The Morgan fingerprint density at radius 2 is 1.26 bits per heavy atom. The van der Waals surface area contributed by atoms with Crippen LogP contribution in [-0.2, 0) is 13.1 Å². The van der Waals surface area contributed by atoms with Gasteiger partial charge in [-0.25, -0.2) is 4.79 Å². The van der Waals surface area contributed by atoms with Gasteiger partial charge in [0, 0.05) is 71.8 Å². The Morgan fingerprint density at radius 1 is 0.723 bits per heavy atom. The lowest BCUT2D eigenvalue weighted by Gasteiger charge is -2.07. The summed E-state index contributed by atoms with van der Waals surface area (Å²) in [7, 11) is 0. The van der Waals surface area contributed by atoms with Gasteiger partial charge in [-0.2, -0.15) is 5.26 Å². The quantitative estimate of drug-likeness (QED) is 0.198. The van der Waals surface area contributed by atoms with Gasteiger partial charge in [0.05, 0.1) is 55.6 Å². The van der Waals surface area contributed by atoms with Crippen LogP contribution in [0.2, 0.25) is 10.0 Å². The molecule has 9 nitrogen and oxygen atoms in total. The van der Waals surface area contributed by atoms with Crippen LogP contribution in [0.5, 0.6) is 0 Å². The molecule has 0 radical (unpaired) electrons. The highest BCUT2D eigenvalue weighted by molar-refractivity contribution is 6.31. The third-order valence-corrected chi connectivity index (χ3v) is 8.26. The Bertz CT molecular complexity index is 2520. The lowest BCUT2D eigenvalue weighted by Crippen LogP contribution is -1.99. The minimum Gasteiger partial charge on any atom is -0.478 e. The molecule has 2 aromatic carbocycles. The summed E-state index contributed by atoms with van der Waals surface area (Å²) in [5.74, 6) is -0.945. The van der Waals surface area contributed by atoms with E-state index in [1.54, 1.807) is 49.4 Å². The molecule has 0 aliphatic rings. The Morgan fingerprint density at radius 3 is 1.81 bits per heavy atom. The molecule has 0 amide bonds. The summed E-state index contributed by atoms with van der Waals surface area (Å²) in [6.07, 6.45) is 13.6. The molecule has 8 aromatic rings. The van der Waals surface area contributed by atoms with Gasteiger partial charge in [-0.05, 0) is 59.7 Å². The second kappa shape index (κ2) is 12.5. The summed E-state index contributed by atoms with van der Waals surface area (Å²) < 4.78 is 3.94. The molecule has 6 aromatic heterocycles. The first-order valence-electron chi connectivity index (χ1n) is 14.4. The third kappa shape index (κ3) is 6.08. The number of pyridine rings is 4. The first kappa shape index (κ1) is 29.9. The van der Waals surface area contributed by atoms with Gasteiger partial charge < -0.3 is 14.2 Å². The van der Waals surface area contributed by atoms with Gasteiger partial charge in [-0.3, -0.25) is 19.9 Å². The van der Waals surface area contributed by atoms with Crippen LogP contribution in [0.25, 0.3) is 43.6 Å². The first-order chi connectivity index (χ1) is 22.9. The van der Waals surface area contributed by atoms with Crippen LogP contribution < -0.4 is 0 Å². The molecule has 1 N–H and O–H groups in total. The molecule has 0 saturated heterocycles. The number of benzene rings is 2. The van der Waals surface area contributed by atoms with Crippen molar-refractivity contribution < 1.29 is 9.90 Å². The van der Waals surface area contributed by atoms with E-state index in [2.05, 4.69) is 32.1 Å². The number of aromatic nitrogens is 6. The van der Waals surface area contributed by atoms with Crippen molar-refractivity contribution in [1.29, 1.82) is 5.26 Å². The molecule has 8 rings (SSSR count). The normalized spacial score (nSPS) is 11.1. The maximum Gasteiger partial charge on any atom is 0.337 e. The summed E-state index contributed by atoms with van der Waals surface area (Å²) in [6.45, 7) is 1.20. The zero-order valence-electron chi connectivity index (χ0n) is 24.5. The van der Waals surface area contributed by atoms with Crippen molar-refractivity contribution >= 4 is 72.8 Å². The van der Waals surface area contributed by atoms with E-state index < -0.39 is 5.97 Å². The second-order valence-electron chi connectivity index (χ2n) is 10.9. The Balaban J connectivity index is 0.000000150. The maximum absolute atomic E-state index is 11.4.